The first-order valence-electron chi connectivity index (χ1n) is 6.42. The third-order valence-electron chi connectivity index (χ3n) is 4.41. The number of nitrogens with one attached hydrogen (secondary N) is 1. The van der Waals surface area contributed by atoms with E-state index in [1.54, 1.807) is 0 Å². The molecule has 2 nitrogen and oxygen atoms in total. The number of rotatable bonds is 3. The second kappa shape index (κ2) is 3.61. The van der Waals surface area contributed by atoms with Gasteiger partial charge in [0.1, 0.15) is 0 Å². The summed E-state index contributed by atoms with van der Waals surface area (Å²) in [5.41, 5.74) is 8.73. The van der Waals surface area contributed by atoms with Crippen molar-refractivity contribution < 1.29 is 0 Å². The molecule has 1 aromatic heterocycles. The number of fused-ring (bicyclic) bond motifs is 1. The van der Waals surface area contributed by atoms with E-state index in [0.717, 1.165) is 18.9 Å². The Kier molecular flexibility index (Phi) is 2.30. The number of aromatic nitrogens is 1. The van der Waals surface area contributed by atoms with Crippen LogP contribution in [0.15, 0.2) is 30.3 Å². The maximum atomic E-state index is 5.70. The van der Waals surface area contributed by atoms with Gasteiger partial charge in [-0.3, -0.25) is 0 Å². The SMILES string of the molecule is CC1(C)[C@H](c2cc3ccccc3[nH]2)[C@@H]1CCN. The molecule has 0 spiro atoms. The summed E-state index contributed by atoms with van der Waals surface area (Å²) in [6, 6.07) is 10.8. The average molecular weight is 228 g/mol. The summed E-state index contributed by atoms with van der Waals surface area (Å²) in [6.45, 7) is 5.50. The second-order valence-corrected chi connectivity index (χ2v) is 5.79. The van der Waals surface area contributed by atoms with Crippen LogP contribution in [-0.2, 0) is 0 Å². The summed E-state index contributed by atoms with van der Waals surface area (Å²) in [6.07, 6.45) is 1.13. The molecule has 2 heteroatoms. The van der Waals surface area contributed by atoms with Crippen molar-refractivity contribution in [3.63, 3.8) is 0 Å². The lowest BCUT2D eigenvalue weighted by atomic mass is 10.1. The molecule has 3 rings (SSSR count). The highest BCUT2D eigenvalue weighted by molar-refractivity contribution is 5.80. The zero-order valence-corrected chi connectivity index (χ0v) is 10.5. The molecule has 1 heterocycles. The summed E-state index contributed by atoms with van der Waals surface area (Å²) in [7, 11) is 0. The van der Waals surface area contributed by atoms with Crippen LogP contribution in [0.25, 0.3) is 10.9 Å². The van der Waals surface area contributed by atoms with Gasteiger partial charge in [0.15, 0.2) is 0 Å². The molecule has 1 saturated carbocycles. The highest BCUT2D eigenvalue weighted by atomic mass is 14.8. The lowest BCUT2D eigenvalue weighted by Gasteiger charge is -1.99. The smallest absolute Gasteiger partial charge is 0.0456 e. The Bertz CT molecular complexity index is 506. The number of H-pyrrole nitrogens is 1. The molecule has 2 atom stereocenters. The number of nitrogens with two attached hydrogens (primary N) is 1. The molecule has 3 N–H and O–H groups in total. The lowest BCUT2D eigenvalue weighted by molar-refractivity contribution is 0.534. The van der Waals surface area contributed by atoms with Gasteiger partial charge in [0, 0.05) is 17.1 Å². The van der Waals surface area contributed by atoms with E-state index in [-0.39, 0.29) is 0 Å². The molecule has 1 aromatic carbocycles. The molecule has 17 heavy (non-hydrogen) atoms. The largest absolute Gasteiger partial charge is 0.358 e. The number of benzene rings is 1. The standard InChI is InChI=1S/C15H20N2/c1-15(2)11(7-8-16)14(15)13-9-10-5-3-4-6-12(10)17-13/h3-6,9,11,14,17H,7-8,16H2,1-2H3/t11-,14-/m0/s1. The number of aromatic amines is 1. The lowest BCUT2D eigenvalue weighted by Crippen LogP contribution is -2.01. The van der Waals surface area contributed by atoms with Crippen molar-refractivity contribution in [1.29, 1.82) is 0 Å². The van der Waals surface area contributed by atoms with Crippen LogP contribution in [0.2, 0.25) is 0 Å². The molecule has 0 unspecified atom stereocenters. The summed E-state index contributed by atoms with van der Waals surface area (Å²) < 4.78 is 0. The van der Waals surface area contributed by atoms with Gasteiger partial charge in [-0.25, -0.2) is 0 Å². The number of hydrogen-bond donors (Lipinski definition) is 2. The van der Waals surface area contributed by atoms with Gasteiger partial charge >= 0.3 is 0 Å². The third kappa shape index (κ3) is 1.59. The monoisotopic (exact) mass is 228 g/mol. The first-order valence-corrected chi connectivity index (χ1v) is 6.42. The van der Waals surface area contributed by atoms with Gasteiger partial charge in [-0.1, -0.05) is 32.0 Å². The van der Waals surface area contributed by atoms with Gasteiger partial charge in [-0.05, 0) is 41.8 Å². The van der Waals surface area contributed by atoms with Gasteiger partial charge in [0.2, 0.25) is 0 Å². The summed E-state index contributed by atoms with van der Waals surface area (Å²) in [4.78, 5) is 3.56. The van der Waals surface area contributed by atoms with E-state index in [0.29, 0.717) is 11.3 Å². The summed E-state index contributed by atoms with van der Waals surface area (Å²) in [5.74, 6) is 1.39. The quantitative estimate of drug-likeness (QED) is 0.832. The highest BCUT2D eigenvalue weighted by Gasteiger charge is 2.57. The molecule has 0 aliphatic heterocycles. The van der Waals surface area contributed by atoms with Gasteiger partial charge < -0.3 is 10.7 Å². The fourth-order valence-electron chi connectivity index (χ4n) is 3.34. The average Bonchev–Trinajstić information content (AvgIpc) is 2.70. The van der Waals surface area contributed by atoms with E-state index in [1.807, 2.05) is 0 Å². The van der Waals surface area contributed by atoms with E-state index in [2.05, 4.69) is 49.2 Å². The van der Waals surface area contributed by atoms with Gasteiger partial charge in [0.25, 0.3) is 0 Å². The Hall–Kier alpha value is -1.28. The predicted molar refractivity (Wildman–Crippen MR) is 72.0 cm³/mol. The zero-order valence-electron chi connectivity index (χ0n) is 10.5. The van der Waals surface area contributed by atoms with E-state index in [9.17, 15) is 0 Å². The number of para-hydroxylation sites is 1. The van der Waals surface area contributed by atoms with Crippen LogP contribution in [-0.4, -0.2) is 11.5 Å². The molecule has 1 aliphatic carbocycles. The first kappa shape index (κ1) is 10.8. The fourth-order valence-corrected chi connectivity index (χ4v) is 3.34. The van der Waals surface area contributed by atoms with Crippen molar-refractivity contribution in [3.8, 4) is 0 Å². The maximum Gasteiger partial charge on any atom is 0.0456 e. The Morgan fingerprint density at radius 1 is 1.29 bits per heavy atom. The van der Waals surface area contributed by atoms with Gasteiger partial charge in [-0.15, -0.1) is 0 Å². The van der Waals surface area contributed by atoms with Crippen LogP contribution < -0.4 is 5.73 Å². The second-order valence-electron chi connectivity index (χ2n) is 5.79. The normalized spacial score (nSPS) is 26.3. The molecule has 1 fully saturated rings. The Morgan fingerprint density at radius 3 is 2.76 bits per heavy atom. The van der Waals surface area contributed by atoms with E-state index >= 15 is 0 Å². The molecule has 0 saturated heterocycles. The minimum atomic E-state index is 0.403. The first-order chi connectivity index (χ1) is 8.14. The van der Waals surface area contributed by atoms with E-state index in [1.165, 1.54) is 16.6 Å². The Balaban J connectivity index is 1.95. The van der Waals surface area contributed by atoms with Gasteiger partial charge in [0.05, 0.1) is 0 Å². The molecule has 0 radical (unpaired) electrons. The van der Waals surface area contributed by atoms with Crippen LogP contribution in [0, 0.1) is 11.3 Å². The van der Waals surface area contributed by atoms with Gasteiger partial charge in [-0.2, -0.15) is 0 Å². The Morgan fingerprint density at radius 2 is 2.06 bits per heavy atom. The van der Waals surface area contributed by atoms with Crippen LogP contribution in [0.3, 0.4) is 0 Å². The van der Waals surface area contributed by atoms with E-state index in [4.69, 9.17) is 5.73 Å². The predicted octanol–water partition coefficient (Wildman–Crippen LogP) is 3.26. The van der Waals surface area contributed by atoms with Crippen LogP contribution >= 0.6 is 0 Å². The van der Waals surface area contributed by atoms with Crippen molar-refractivity contribution in [2.75, 3.05) is 6.54 Å². The Labute approximate surface area is 102 Å². The van der Waals surface area contributed by atoms with E-state index < -0.39 is 0 Å². The fraction of sp³-hybridized carbons (Fsp3) is 0.467. The highest BCUT2D eigenvalue weighted by Crippen LogP contribution is 2.65. The van der Waals surface area contributed by atoms with Crippen LogP contribution in [0.1, 0.15) is 31.9 Å². The molecule has 1 aliphatic rings. The number of hydrogen-bond acceptors (Lipinski definition) is 1. The summed E-state index contributed by atoms with van der Waals surface area (Å²) >= 11 is 0. The minimum absolute atomic E-state index is 0.403. The van der Waals surface area contributed by atoms with Crippen molar-refractivity contribution in [1.82, 2.24) is 4.98 Å². The van der Waals surface area contributed by atoms with Crippen molar-refractivity contribution in [3.05, 3.63) is 36.0 Å². The third-order valence-corrected chi connectivity index (χ3v) is 4.41. The van der Waals surface area contributed by atoms with Crippen molar-refractivity contribution in [2.45, 2.75) is 26.2 Å². The topological polar surface area (TPSA) is 41.8 Å². The van der Waals surface area contributed by atoms with Crippen molar-refractivity contribution in [2.24, 2.45) is 17.1 Å². The minimum Gasteiger partial charge on any atom is -0.358 e. The summed E-state index contributed by atoms with van der Waals surface area (Å²) in [5, 5.41) is 1.32. The molecular formula is C15H20N2. The van der Waals surface area contributed by atoms with Crippen LogP contribution in [0.5, 0.6) is 0 Å². The van der Waals surface area contributed by atoms with Crippen molar-refractivity contribution >= 4 is 10.9 Å². The molecule has 2 aromatic rings. The van der Waals surface area contributed by atoms with Crippen LogP contribution in [0.4, 0.5) is 0 Å². The maximum absolute atomic E-state index is 5.70. The molecule has 0 amide bonds. The molecule has 90 valence electrons. The molecule has 0 bridgehead atoms. The zero-order chi connectivity index (χ0) is 12.0. The molecular weight excluding hydrogens is 208 g/mol.